The van der Waals surface area contributed by atoms with Gasteiger partial charge in [0.05, 0.1) is 6.61 Å². The molecule has 2 N–H and O–H groups in total. The zero-order valence-electron chi connectivity index (χ0n) is 13.8. The summed E-state index contributed by atoms with van der Waals surface area (Å²) in [6, 6.07) is 4.71. The Morgan fingerprint density at radius 3 is 2.00 bits per heavy atom. The molecule has 0 radical (unpaired) electrons. The Morgan fingerprint density at radius 2 is 1.55 bits per heavy atom. The van der Waals surface area contributed by atoms with Crippen LogP contribution in [0.4, 0.5) is 0 Å². The summed E-state index contributed by atoms with van der Waals surface area (Å²) in [6.45, 7) is 11.7. The summed E-state index contributed by atoms with van der Waals surface area (Å²) in [4.78, 5) is 0. The third-order valence-corrected chi connectivity index (χ3v) is 4.16. The maximum Gasteiger partial charge on any atom is 0.125 e. The molecule has 1 unspecified atom stereocenters. The van der Waals surface area contributed by atoms with E-state index in [2.05, 4.69) is 46.8 Å². The largest absolute Gasteiger partial charge is 0.493 e. The van der Waals surface area contributed by atoms with Crippen LogP contribution in [-0.4, -0.2) is 12.6 Å². The van der Waals surface area contributed by atoms with Gasteiger partial charge in [-0.05, 0) is 49.3 Å². The van der Waals surface area contributed by atoms with Crippen molar-refractivity contribution in [3.05, 3.63) is 28.8 Å². The van der Waals surface area contributed by atoms with Gasteiger partial charge in [0.2, 0.25) is 0 Å². The highest BCUT2D eigenvalue weighted by Gasteiger charge is 2.11. The molecule has 114 valence electrons. The van der Waals surface area contributed by atoms with E-state index in [1.165, 1.54) is 29.5 Å². The molecule has 0 aliphatic heterocycles. The van der Waals surface area contributed by atoms with Crippen molar-refractivity contribution < 1.29 is 4.74 Å². The van der Waals surface area contributed by atoms with E-state index in [1.54, 1.807) is 0 Å². The standard InChI is InChI=1S/C18H31NO/c1-6-15(7-2)12-20-18-13(4)9-16(10-14(18)5)11-17(19)8-3/h9-10,15,17H,6-8,11-12,19H2,1-5H3. The zero-order chi connectivity index (χ0) is 15.1. The number of benzene rings is 1. The number of rotatable bonds is 8. The molecule has 0 aliphatic carbocycles. The minimum absolute atomic E-state index is 0.255. The van der Waals surface area contributed by atoms with Crippen molar-refractivity contribution in [2.45, 2.75) is 66.3 Å². The van der Waals surface area contributed by atoms with Gasteiger partial charge < -0.3 is 10.5 Å². The van der Waals surface area contributed by atoms with Crippen LogP contribution in [-0.2, 0) is 6.42 Å². The maximum absolute atomic E-state index is 6.07. The summed E-state index contributed by atoms with van der Waals surface area (Å²) < 4.78 is 6.07. The van der Waals surface area contributed by atoms with Crippen LogP contribution in [0.15, 0.2) is 12.1 Å². The summed E-state index contributed by atoms with van der Waals surface area (Å²) in [5.41, 5.74) is 9.83. The van der Waals surface area contributed by atoms with E-state index in [-0.39, 0.29) is 6.04 Å². The first-order chi connectivity index (χ1) is 9.51. The molecular weight excluding hydrogens is 246 g/mol. The summed E-state index contributed by atoms with van der Waals surface area (Å²) >= 11 is 0. The van der Waals surface area contributed by atoms with Crippen LogP contribution in [0.25, 0.3) is 0 Å². The smallest absolute Gasteiger partial charge is 0.125 e. The van der Waals surface area contributed by atoms with Crippen LogP contribution < -0.4 is 10.5 Å². The van der Waals surface area contributed by atoms with Crippen molar-refractivity contribution in [1.29, 1.82) is 0 Å². The van der Waals surface area contributed by atoms with Crippen LogP contribution in [0, 0.1) is 19.8 Å². The minimum Gasteiger partial charge on any atom is -0.493 e. The molecule has 0 aliphatic rings. The molecule has 0 amide bonds. The normalized spacial score (nSPS) is 12.8. The lowest BCUT2D eigenvalue weighted by Crippen LogP contribution is -2.21. The van der Waals surface area contributed by atoms with Crippen molar-refractivity contribution in [3.8, 4) is 5.75 Å². The molecule has 20 heavy (non-hydrogen) atoms. The molecule has 0 spiro atoms. The van der Waals surface area contributed by atoms with Gasteiger partial charge in [-0.25, -0.2) is 0 Å². The van der Waals surface area contributed by atoms with E-state index in [1.807, 2.05) is 0 Å². The van der Waals surface area contributed by atoms with Crippen molar-refractivity contribution in [3.63, 3.8) is 0 Å². The third-order valence-electron chi connectivity index (χ3n) is 4.16. The third kappa shape index (κ3) is 4.82. The lowest BCUT2D eigenvalue weighted by atomic mass is 9.99. The molecule has 1 aromatic rings. The number of ether oxygens (including phenoxy) is 1. The average Bonchev–Trinajstić information content (AvgIpc) is 2.42. The highest BCUT2D eigenvalue weighted by atomic mass is 16.5. The molecule has 0 saturated heterocycles. The van der Waals surface area contributed by atoms with Gasteiger partial charge in [0, 0.05) is 6.04 Å². The van der Waals surface area contributed by atoms with E-state index in [0.717, 1.165) is 25.2 Å². The molecule has 0 fully saturated rings. The second-order valence-corrected chi connectivity index (χ2v) is 5.92. The quantitative estimate of drug-likeness (QED) is 0.764. The average molecular weight is 277 g/mol. The van der Waals surface area contributed by atoms with E-state index in [0.29, 0.717) is 5.92 Å². The van der Waals surface area contributed by atoms with Gasteiger partial charge in [0.1, 0.15) is 5.75 Å². The van der Waals surface area contributed by atoms with Crippen LogP contribution in [0.5, 0.6) is 5.75 Å². The molecule has 1 atom stereocenters. The number of hydrogen-bond acceptors (Lipinski definition) is 2. The topological polar surface area (TPSA) is 35.2 Å². The van der Waals surface area contributed by atoms with Crippen molar-refractivity contribution >= 4 is 0 Å². The Balaban J connectivity index is 2.78. The first kappa shape index (κ1) is 17.0. The Labute approximate surface area is 124 Å². The number of nitrogens with two attached hydrogens (primary N) is 1. The molecule has 0 bridgehead atoms. The minimum atomic E-state index is 0.255. The van der Waals surface area contributed by atoms with Gasteiger partial charge in [0.25, 0.3) is 0 Å². The Bertz CT molecular complexity index is 387. The van der Waals surface area contributed by atoms with E-state index >= 15 is 0 Å². The molecular formula is C18H31NO. The Hall–Kier alpha value is -1.02. The first-order valence-corrected chi connectivity index (χ1v) is 8.00. The zero-order valence-corrected chi connectivity index (χ0v) is 13.8. The van der Waals surface area contributed by atoms with Crippen LogP contribution in [0.3, 0.4) is 0 Å². The molecule has 2 nitrogen and oxygen atoms in total. The first-order valence-electron chi connectivity index (χ1n) is 8.00. The van der Waals surface area contributed by atoms with Gasteiger partial charge in [0.15, 0.2) is 0 Å². The van der Waals surface area contributed by atoms with Gasteiger partial charge in [-0.1, -0.05) is 45.7 Å². The SMILES string of the molecule is CCC(N)Cc1cc(C)c(OCC(CC)CC)c(C)c1. The predicted octanol–water partition coefficient (Wildman–Crippen LogP) is 4.40. The lowest BCUT2D eigenvalue weighted by Gasteiger charge is -2.18. The fraction of sp³-hybridized carbons (Fsp3) is 0.667. The second-order valence-electron chi connectivity index (χ2n) is 5.92. The number of hydrogen-bond donors (Lipinski definition) is 1. The second kappa shape index (κ2) is 8.31. The lowest BCUT2D eigenvalue weighted by molar-refractivity contribution is 0.238. The summed E-state index contributed by atoms with van der Waals surface area (Å²) in [6.07, 6.45) is 4.33. The maximum atomic E-state index is 6.07. The fourth-order valence-corrected chi connectivity index (χ4v) is 2.56. The molecule has 2 heteroatoms. The predicted molar refractivity (Wildman–Crippen MR) is 87.5 cm³/mol. The number of aryl methyl sites for hydroxylation is 2. The van der Waals surface area contributed by atoms with Gasteiger partial charge in [-0.15, -0.1) is 0 Å². The molecule has 0 aromatic heterocycles. The summed E-state index contributed by atoms with van der Waals surface area (Å²) in [7, 11) is 0. The van der Waals surface area contributed by atoms with Crippen molar-refractivity contribution in [2.24, 2.45) is 11.7 Å². The summed E-state index contributed by atoms with van der Waals surface area (Å²) in [5, 5.41) is 0. The summed E-state index contributed by atoms with van der Waals surface area (Å²) in [5.74, 6) is 1.72. The van der Waals surface area contributed by atoms with Crippen LogP contribution >= 0.6 is 0 Å². The van der Waals surface area contributed by atoms with E-state index < -0.39 is 0 Å². The van der Waals surface area contributed by atoms with Gasteiger partial charge in [-0.3, -0.25) is 0 Å². The van der Waals surface area contributed by atoms with Crippen molar-refractivity contribution in [1.82, 2.24) is 0 Å². The monoisotopic (exact) mass is 277 g/mol. The molecule has 1 rings (SSSR count). The van der Waals surface area contributed by atoms with E-state index in [9.17, 15) is 0 Å². The van der Waals surface area contributed by atoms with E-state index in [4.69, 9.17) is 10.5 Å². The van der Waals surface area contributed by atoms with Crippen molar-refractivity contribution in [2.75, 3.05) is 6.61 Å². The van der Waals surface area contributed by atoms with Gasteiger partial charge in [-0.2, -0.15) is 0 Å². The van der Waals surface area contributed by atoms with Crippen LogP contribution in [0.1, 0.15) is 56.7 Å². The molecule has 0 saturated carbocycles. The van der Waals surface area contributed by atoms with Gasteiger partial charge >= 0.3 is 0 Å². The van der Waals surface area contributed by atoms with Crippen LogP contribution in [0.2, 0.25) is 0 Å². The molecule has 1 aromatic carbocycles. The fourth-order valence-electron chi connectivity index (χ4n) is 2.56. The Morgan fingerprint density at radius 1 is 1.00 bits per heavy atom. The molecule has 0 heterocycles. The highest BCUT2D eigenvalue weighted by molar-refractivity contribution is 5.43. The Kier molecular flexibility index (Phi) is 7.08. The highest BCUT2D eigenvalue weighted by Crippen LogP contribution is 2.26.